The van der Waals surface area contributed by atoms with Gasteiger partial charge < -0.3 is 10.1 Å². The normalized spacial score (nSPS) is 11.1. The average Bonchev–Trinajstić information content (AvgIpc) is 2.27. The van der Waals surface area contributed by atoms with Crippen LogP contribution < -0.4 is 5.32 Å². The largest absolute Gasteiger partial charge is 0.463 e. The number of hydrogen-bond donors (Lipinski definition) is 1. The minimum atomic E-state index is -0.885. The van der Waals surface area contributed by atoms with E-state index in [4.69, 9.17) is 0 Å². The van der Waals surface area contributed by atoms with Crippen LogP contribution in [-0.4, -0.2) is 18.5 Å². The number of halogens is 2. The molecule has 0 aliphatic heterocycles. The zero-order valence-corrected chi connectivity index (χ0v) is 10.5. The molecule has 102 valence electrons. The number of rotatable bonds is 4. The van der Waals surface area contributed by atoms with Crippen molar-refractivity contribution in [3.63, 3.8) is 0 Å². The Hall–Kier alpha value is -2.24. The van der Waals surface area contributed by atoms with Crippen LogP contribution in [0.25, 0.3) is 5.70 Å². The molecule has 1 amide bonds. The minimum Gasteiger partial charge on any atom is -0.463 e. The van der Waals surface area contributed by atoms with E-state index >= 15 is 0 Å². The molecule has 0 atom stereocenters. The second-order valence-corrected chi connectivity index (χ2v) is 3.59. The number of carbonyl (C=O) groups is 2. The summed E-state index contributed by atoms with van der Waals surface area (Å²) in [6.45, 7) is 2.87. The van der Waals surface area contributed by atoms with Crippen LogP contribution in [0.4, 0.5) is 8.78 Å². The summed E-state index contributed by atoms with van der Waals surface area (Å²) in [5.74, 6) is -3.12. The van der Waals surface area contributed by atoms with Crippen LogP contribution in [0.15, 0.2) is 24.3 Å². The maximum absolute atomic E-state index is 13.6. The van der Waals surface area contributed by atoms with E-state index in [1.54, 1.807) is 6.92 Å². The SMILES string of the molecule is CCOC(=O)/C=C(/NC(C)=O)c1c(F)cccc1F. The van der Waals surface area contributed by atoms with Crippen molar-refractivity contribution < 1.29 is 23.1 Å². The molecule has 0 heterocycles. The van der Waals surface area contributed by atoms with E-state index in [9.17, 15) is 18.4 Å². The summed E-state index contributed by atoms with van der Waals surface area (Å²) in [6, 6.07) is 3.24. The van der Waals surface area contributed by atoms with Crippen molar-refractivity contribution in [2.24, 2.45) is 0 Å². The summed E-state index contributed by atoms with van der Waals surface area (Å²) < 4.78 is 31.8. The molecular formula is C13H13F2NO3. The minimum absolute atomic E-state index is 0.114. The molecule has 0 aromatic heterocycles. The Balaban J connectivity index is 3.24. The van der Waals surface area contributed by atoms with Gasteiger partial charge in [-0.2, -0.15) is 0 Å². The van der Waals surface area contributed by atoms with Gasteiger partial charge in [0.25, 0.3) is 0 Å². The first-order valence-electron chi connectivity index (χ1n) is 5.56. The van der Waals surface area contributed by atoms with Gasteiger partial charge in [-0.3, -0.25) is 4.79 Å². The molecule has 19 heavy (non-hydrogen) atoms. The van der Waals surface area contributed by atoms with Gasteiger partial charge in [0.05, 0.1) is 17.9 Å². The van der Waals surface area contributed by atoms with Gasteiger partial charge in [0.1, 0.15) is 11.6 Å². The van der Waals surface area contributed by atoms with Gasteiger partial charge in [0, 0.05) is 13.0 Å². The van der Waals surface area contributed by atoms with E-state index in [1.165, 1.54) is 6.07 Å². The molecule has 0 saturated carbocycles. The van der Waals surface area contributed by atoms with Gasteiger partial charge in [0.2, 0.25) is 5.91 Å². The average molecular weight is 269 g/mol. The predicted molar refractivity (Wildman–Crippen MR) is 64.8 cm³/mol. The highest BCUT2D eigenvalue weighted by Crippen LogP contribution is 2.20. The van der Waals surface area contributed by atoms with Crippen molar-refractivity contribution in [1.29, 1.82) is 0 Å². The fourth-order valence-electron chi connectivity index (χ4n) is 1.42. The number of nitrogens with one attached hydrogen (secondary N) is 1. The Bertz CT molecular complexity index is 506. The second-order valence-electron chi connectivity index (χ2n) is 3.59. The van der Waals surface area contributed by atoms with Crippen molar-refractivity contribution >= 4 is 17.6 Å². The van der Waals surface area contributed by atoms with E-state index in [-0.39, 0.29) is 12.3 Å². The van der Waals surface area contributed by atoms with Crippen LogP contribution in [-0.2, 0) is 14.3 Å². The molecule has 0 unspecified atom stereocenters. The highest BCUT2D eigenvalue weighted by Gasteiger charge is 2.16. The molecule has 0 aliphatic carbocycles. The molecule has 0 radical (unpaired) electrons. The van der Waals surface area contributed by atoms with Gasteiger partial charge in [-0.15, -0.1) is 0 Å². The lowest BCUT2D eigenvalue weighted by Gasteiger charge is -2.10. The zero-order valence-electron chi connectivity index (χ0n) is 10.5. The van der Waals surface area contributed by atoms with Crippen LogP contribution in [0.1, 0.15) is 19.4 Å². The van der Waals surface area contributed by atoms with Crippen LogP contribution in [0.3, 0.4) is 0 Å². The monoisotopic (exact) mass is 269 g/mol. The van der Waals surface area contributed by atoms with Crippen LogP contribution in [0, 0.1) is 11.6 Å². The molecule has 1 aromatic rings. The van der Waals surface area contributed by atoms with Crippen LogP contribution in [0.2, 0.25) is 0 Å². The van der Waals surface area contributed by atoms with Crippen molar-refractivity contribution in [3.05, 3.63) is 41.5 Å². The third kappa shape index (κ3) is 4.17. The molecule has 4 nitrogen and oxygen atoms in total. The third-order valence-corrected chi connectivity index (χ3v) is 2.09. The maximum atomic E-state index is 13.6. The highest BCUT2D eigenvalue weighted by molar-refractivity contribution is 5.95. The van der Waals surface area contributed by atoms with E-state index in [2.05, 4.69) is 10.1 Å². The smallest absolute Gasteiger partial charge is 0.332 e. The van der Waals surface area contributed by atoms with Crippen molar-refractivity contribution in [3.8, 4) is 0 Å². The van der Waals surface area contributed by atoms with E-state index in [0.29, 0.717) is 0 Å². The topological polar surface area (TPSA) is 55.4 Å². The Morgan fingerprint density at radius 1 is 1.32 bits per heavy atom. The number of carbonyl (C=O) groups excluding carboxylic acids is 2. The molecule has 0 bridgehead atoms. The number of ether oxygens (including phenoxy) is 1. The van der Waals surface area contributed by atoms with Gasteiger partial charge in [0.15, 0.2) is 0 Å². The quantitative estimate of drug-likeness (QED) is 0.672. The summed E-state index contributed by atoms with van der Waals surface area (Å²) in [5, 5.41) is 2.21. The first-order valence-corrected chi connectivity index (χ1v) is 5.56. The van der Waals surface area contributed by atoms with E-state index in [0.717, 1.165) is 25.1 Å². The van der Waals surface area contributed by atoms with Crippen LogP contribution in [0.5, 0.6) is 0 Å². The van der Waals surface area contributed by atoms with E-state index in [1.807, 2.05) is 0 Å². The zero-order chi connectivity index (χ0) is 14.4. The van der Waals surface area contributed by atoms with Crippen LogP contribution >= 0.6 is 0 Å². The lowest BCUT2D eigenvalue weighted by atomic mass is 10.1. The number of hydrogen-bond acceptors (Lipinski definition) is 3. The Kier molecular flexibility index (Phi) is 5.17. The van der Waals surface area contributed by atoms with E-state index < -0.39 is 29.1 Å². The second kappa shape index (κ2) is 6.63. The third-order valence-electron chi connectivity index (χ3n) is 2.09. The summed E-state index contributed by atoms with van der Waals surface area (Å²) in [4.78, 5) is 22.4. The number of amides is 1. The van der Waals surface area contributed by atoms with Crippen molar-refractivity contribution in [1.82, 2.24) is 5.32 Å². The van der Waals surface area contributed by atoms with Crippen molar-refractivity contribution in [2.45, 2.75) is 13.8 Å². The summed E-state index contributed by atoms with van der Waals surface area (Å²) in [7, 11) is 0. The standard InChI is InChI=1S/C13H13F2NO3/c1-3-19-12(18)7-11(16-8(2)17)13-9(14)5-4-6-10(13)15/h4-7H,3H2,1-2H3,(H,16,17)/b11-7+. The first kappa shape index (κ1) is 14.8. The Morgan fingerprint density at radius 3 is 2.37 bits per heavy atom. The van der Waals surface area contributed by atoms with Crippen molar-refractivity contribution in [2.75, 3.05) is 6.61 Å². The molecule has 1 aromatic carbocycles. The fraction of sp³-hybridized carbons (Fsp3) is 0.231. The molecule has 0 spiro atoms. The van der Waals surface area contributed by atoms with Gasteiger partial charge >= 0.3 is 5.97 Å². The maximum Gasteiger partial charge on any atom is 0.332 e. The summed E-state index contributed by atoms with van der Waals surface area (Å²) in [5.41, 5.74) is -0.757. The number of benzene rings is 1. The molecule has 1 rings (SSSR count). The fourth-order valence-corrected chi connectivity index (χ4v) is 1.42. The van der Waals surface area contributed by atoms with Gasteiger partial charge in [-0.1, -0.05) is 6.07 Å². The predicted octanol–water partition coefficient (Wildman–Crippen LogP) is 2.00. The number of esters is 1. The Labute approximate surface area is 109 Å². The molecule has 6 heteroatoms. The molecular weight excluding hydrogens is 256 g/mol. The summed E-state index contributed by atoms with van der Waals surface area (Å²) >= 11 is 0. The molecule has 0 fully saturated rings. The Morgan fingerprint density at radius 2 is 1.89 bits per heavy atom. The lowest BCUT2D eigenvalue weighted by Crippen LogP contribution is -2.21. The summed E-state index contributed by atoms with van der Waals surface area (Å²) in [6.07, 6.45) is 0.840. The molecule has 0 saturated heterocycles. The highest BCUT2D eigenvalue weighted by atomic mass is 19.1. The lowest BCUT2D eigenvalue weighted by molar-refractivity contribution is -0.137. The van der Waals surface area contributed by atoms with Gasteiger partial charge in [-0.05, 0) is 19.1 Å². The van der Waals surface area contributed by atoms with Gasteiger partial charge in [-0.25, -0.2) is 13.6 Å². The first-order chi connectivity index (χ1) is 8.95. The molecule has 0 aliphatic rings. The molecule has 1 N–H and O–H groups in total.